The third-order valence-corrected chi connectivity index (χ3v) is 8.49. The van der Waals surface area contributed by atoms with Crippen LogP contribution in [-0.4, -0.2) is 11.6 Å². The van der Waals surface area contributed by atoms with Crippen molar-refractivity contribution in [2.45, 2.75) is 58.0 Å². The van der Waals surface area contributed by atoms with Gasteiger partial charge in [0.2, 0.25) is 0 Å². The van der Waals surface area contributed by atoms with Gasteiger partial charge in [-0.2, -0.15) is 0 Å². The van der Waals surface area contributed by atoms with E-state index < -0.39 is 0 Å². The van der Waals surface area contributed by atoms with Crippen LogP contribution < -0.4 is 0 Å². The van der Waals surface area contributed by atoms with E-state index in [1.54, 1.807) is 6.92 Å². The minimum atomic E-state index is -0.161. The molecule has 0 radical (unpaired) electrons. The maximum absolute atomic E-state index is 12.4. The standard InChI is InChI=1S/C20H28O2/c1-4-20(22-19(21)10(2)3)12-8-14-13-5-11-6-16(14)18(20)17(7-11)15(13)9-12/h11-18H,2,4-9H2,1,3H3. The van der Waals surface area contributed by atoms with Crippen molar-refractivity contribution < 1.29 is 9.53 Å². The van der Waals surface area contributed by atoms with Crippen LogP contribution in [0.15, 0.2) is 12.2 Å². The minimum Gasteiger partial charge on any atom is -0.455 e. The highest BCUT2D eigenvalue weighted by Crippen LogP contribution is 2.74. The first-order valence-electron chi connectivity index (χ1n) is 9.44. The van der Waals surface area contributed by atoms with Crippen molar-refractivity contribution in [3.05, 3.63) is 12.2 Å². The lowest BCUT2D eigenvalue weighted by Crippen LogP contribution is -2.72. The highest BCUT2D eigenvalue weighted by Gasteiger charge is 2.72. The van der Waals surface area contributed by atoms with Gasteiger partial charge in [0, 0.05) is 11.5 Å². The SMILES string of the molecule is C=C(C)C(=O)OC1(CC)C2CC3C4CC5CC3C1C(C5)C4C2. The first-order chi connectivity index (χ1) is 10.5. The van der Waals surface area contributed by atoms with Crippen LogP contribution in [0.5, 0.6) is 0 Å². The van der Waals surface area contributed by atoms with Gasteiger partial charge >= 0.3 is 5.97 Å². The molecule has 0 heterocycles. The largest absolute Gasteiger partial charge is 0.455 e. The summed E-state index contributed by atoms with van der Waals surface area (Å²) < 4.78 is 6.27. The van der Waals surface area contributed by atoms with Gasteiger partial charge in [0.15, 0.2) is 0 Å². The second-order valence-corrected chi connectivity index (χ2v) is 9.06. The lowest BCUT2D eigenvalue weighted by molar-refractivity contribution is -0.294. The molecule has 22 heavy (non-hydrogen) atoms. The van der Waals surface area contributed by atoms with Crippen molar-refractivity contribution in [1.29, 1.82) is 0 Å². The maximum Gasteiger partial charge on any atom is 0.333 e. The minimum absolute atomic E-state index is 0.141. The first kappa shape index (κ1) is 13.6. The zero-order valence-electron chi connectivity index (χ0n) is 13.9. The zero-order chi connectivity index (χ0) is 15.2. The van der Waals surface area contributed by atoms with Gasteiger partial charge in [-0.15, -0.1) is 0 Å². The molecule has 0 saturated heterocycles. The number of esters is 1. The lowest BCUT2D eigenvalue weighted by atomic mass is 9.32. The summed E-state index contributed by atoms with van der Waals surface area (Å²) in [6.45, 7) is 7.86. The van der Waals surface area contributed by atoms with Gasteiger partial charge in [0.25, 0.3) is 0 Å². The second kappa shape index (κ2) is 4.19. The monoisotopic (exact) mass is 300 g/mol. The molecule has 7 saturated carbocycles. The Kier molecular flexibility index (Phi) is 2.59. The van der Waals surface area contributed by atoms with E-state index in [1.165, 1.54) is 32.1 Å². The van der Waals surface area contributed by atoms with E-state index >= 15 is 0 Å². The van der Waals surface area contributed by atoms with E-state index in [4.69, 9.17) is 4.74 Å². The molecule has 5 unspecified atom stereocenters. The van der Waals surface area contributed by atoms with Crippen LogP contribution >= 0.6 is 0 Å². The molecule has 0 amide bonds. The summed E-state index contributed by atoms with van der Waals surface area (Å²) in [7, 11) is 0. The molecule has 0 aromatic carbocycles. The Hall–Kier alpha value is -0.790. The summed E-state index contributed by atoms with van der Waals surface area (Å²) >= 11 is 0. The Morgan fingerprint density at radius 2 is 1.59 bits per heavy atom. The summed E-state index contributed by atoms with van der Waals surface area (Å²) in [5.41, 5.74) is 0.403. The van der Waals surface area contributed by atoms with Crippen LogP contribution in [0.3, 0.4) is 0 Å². The molecule has 7 fully saturated rings. The van der Waals surface area contributed by atoms with Crippen molar-refractivity contribution in [2.24, 2.45) is 47.3 Å². The molecule has 7 aliphatic carbocycles. The van der Waals surface area contributed by atoms with E-state index in [0.717, 1.165) is 41.9 Å². The van der Waals surface area contributed by atoms with E-state index in [1.807, 2.05) is 0 Å². The first-order valence-corrected chi connectivity index (χ1v) is 9.44. The van der Waals surface area contributed by atoms with Gasteiger partial charge in [-0.25, -0.2) is 4.79 Å². The van der Waals surface area contributed by atoms with Crippen LogP contribution in [0.1, 0.15) is 52.4 Å². The number of carbonyl (C=O) groups is 1. The maximum atomic E-state index is 12.4. The van der Waals surface area contributed by atoms with Crippen LogP contribution in [0, 0.1) is 47.3 Å². The van der Waals surface area contributed by atoms with Crippen molar-refractivity contribution >= 4 is 5.97 Å². The van der Waals surface area contributed by atoms with Gasteiger partial charge in [-0.1, -0.05) is 13.5 Å². The van der Waals surface area contributed by atoms with Crippen LogP contribution in [0.2, 0.25) is 0 Å². The van der Waals surface area contributed by atoms with Crippen LogP contribution in [0.4, 0.5) is 0 Å². The van der Waals surface area contributed by atoms with Gasteiger partial charge < -0.3 is 4.74 Å². The van der Waals surface area contributed by atoms with Gasteiger partial charge in [-0.3, -0.25) is 0 Å². The highest BCUT2D eigenvalue weighted by molar-refractivity contribution is 5.87. The van der Waals surface area contributed by atoms with Crippen LogP contribution in [-0.2, 0) is 9.53 Å². The molecule has 0 N–H and O–H groups in total. The van der Waals surface area contributed by atoms with Crippen molar-refractivity contribution in [3.8, 4) is 0 Å². The average molecular weight is 300 g/mol. The molecule has 0 aliphatic heterocycles. The number of hydrogen-bond donors (Lipinski definition) is 0. The molecule has 7 aliphatic rings. The Labute approximate surface area is 133 Å². The van der Waals surface area contributed by atoms with E-state index in [9.17, 15) is 4.79 Å². The smallest absolute Gasteiger partial charge is 0.333 e. The van der Waals surface area contributed by atoms with Gasteiger partial charge in [-0.05, 0) is 86.9 Å². The van der Waals surface area contributed by atoms with E-state index in [-0.39, 0.29) is 11.6 Å². The molecular weight excluding hydrogens is 272 g/mol. The van der Waals surface area contributed by atoms with E-state index in [0.29, 0.717) is 17.4 Å². The lowest BCUT2D eigenvalue weighted by Gasteiger charge is -2.74. The summed E-state index contributed by atoms with van der Waals surface area (Å²) in [6, 6.07) is 0. The van der Waals surface area contributed by atoms with Crippen LogP contribution in [0.25, 0.3) is 0 Å². The molecule has 5 atom stereocenters. The van der Waals surface area contributed by atoms with Crippen molar-refractivity contribution in [3.63, 3.8) is 0 Å². The second-order valence-electron chi connectivity index (χ2n) is 9.06. The number of carbonyl (C=O) groups excluding carboxylic acids is 1. The van der Waals surface area contributed by atoms with Gasteiger partial charge in [0.1, 0.15) is 5.60 Å². The molecular formula is C20H28O2. The fourth-order valence-corrected chi connectivity index (χ4v) is 8.09. The fourth-order valence-electron chi connectivity index (χ4n) is 8.09. The Morgan fingerprint density at radius 3 is 2.14 bits per heavy atom. The molecule has 0 aromatic rings. The fraction of sp³-hybridized carbons (Fsp3) is 0.850. The predicted molar refractivity (Wildman–Crippen MR) is 84.9 cm³/mol. The quantitative estimate of drug-likeness (QED) is 0.576. The molecule has 7 rings (SSSR count). The number of ether oxygens (including phenoxy) is 1. The summed E-state index contributed by atoms with van der Waals surface area (Å²) in [4.78, 5) is 12.4. The average Bonchev–Trinajstić information content (AvgIpc) is 2.51. The molecule has 2 nitrogen and oxygen atoms in total. The number of rotatable bonds is 3. The van der Waals surface area contributed by atoms with Crippen molar-refractivity contribution in [1.82, 2.24) is 0 Å². The molecule has 8 bridgehead atoms. The summed E-state index contributed by atoms with van der Waals surface area (Å²) in [5, 5.41) is 0. The topological polar surface area (TPSA) is 26.3 Å². The zero-order valence-corrected chi connectivity index (χ0v) is 13.9. The van der Waals surface area contributed by atoms with E-state index in [2.05, 4.69) is 13.5 Å². The molecule has 0 spiro atoms. The molecule has 0 aromatic heterocycles. The third kappa shape index (κ3) is 1.41. The van der Waals surface area contributed by atoms with Gasteiger partial charge in [0.05, 0.1) is 0 Å². The Balaban J connectivity index is 1.57. The molecule has 2 heteroatoms. The summed E-state index contributed by atoms with van der Waals surface area (Å²) in [6.07, 6.45) is 8.04. The normalized spacial score (nSPS) is 56.5. The Bertz CT molecular complexity index is 528. The third-order valence-electron chi connectivity index (χ3n) is 8.49. The summed E-state index contributed by atoms with van der Waals surface area (Å²) in [5.74, 6) is 6.80. The van der Waals surface area contributed by atoms with Crippen molar-refractivity contribution in [2.75, 3.05) is 0 Å². The molecule has 120 valence electrons. The Morgan fingerprint density at radius 1 is 1.05 bits per heavy atom. The number of hydrogen-bond acceptors (Lipinski definition) is 2. The predicted octanol–water partition coefficient (Wildman–Crippen LogP) is 4.20. The highest BCUT2D eigenvalue weighted by atomic mass is 16.6.